The number of hydrogen-bond donors (Lipinski definition) is 3. The number of Topliss-reactive ketones (excluding diaryl/α,β-unsaturated/α-hetero) is 1. The second-order valence-electron chi connectivity index (χ2n) is 13.1. The van der Waals surface area contributed by atoms with Crippen molar-refractivity contribution >= 4 is 5.78 Å². The molecule has 0 aromatic rings. The number of unbranched alkanes of at least 4 members (excludes halogenated alkanes) is 3. The predicted octanol–water partition coefficient (Wildman–Crippen LogP) is 7.32. The van der Waals surface area contributed by atoms with Crippen LogP contribution in [0.25, 0.3) is 0 Å². The lowest BCUT2D eigenvalue weighted by Crippen LogP contribution is -2.52. The predicted molar refractivity (Wildman–Crippen MR) is 152 cm³/mol. The first-order valence-electron chi connectivity index (χ1n) is 16.0. The van der Waals surface area contributed by atoms with Crippen molar-refractivity contribution in [2.24, 2.45) is 17.8 Å². The minimum absolute atomic E-state index is 0.0668. The zero-order valence-corrected chi connectivity index (χ0v) is 24.2. The van der Waals surface area contributed by atoms with Gasteiger partial charge in [-0.3, -0.25) is 4.79 Å². The summed E-state index contributed by atoms with van der Waals surface area (Å²) in [6.07, 6.45) is 26.9. The van der Waals surface area contributed by atoms with Gasteiger partial charge in [0.05, 0.1) is 11.6 Å². The first kappa shape index (κ1) is 30.1. The SMILES string of the molecule is CCCCCC(CCCCC1(O)CCCC1)CCC1CCC2CCC(NC)C(=O)CCC2(NC)CC1. The second kappa shape index (κ2) is 15.2. The van der Waals surface area contributed by atoms with Crippen molar-refractivity contribution in [2.75, 3.05) is 14.1 Å². The van der Waals surface area contributed by atoms with Crippen molar-refractivity contribution in [3.8, 4) is 0 Å². The van der Waals surface area contributed by atoms with Crippen LogP contribution in [0.4, 0.5) is 0 Å². The Morgan fingerprint density at radius 2 is 1.61 bits per heavy atom. The molecule has 5 atom stereocenters. The zero-order chi connectivity index (χ0) is 25.9. The minimum atomic E-state index is -0.326. The van der Waals surface area contributed by atoms with Crippen LogP contribution in [0.3, 0.4) is 0 Å². The summed E-state index contributed by atoms with van der Waals surface area (Å²) in [4.78, 5) is 12.7. The number of carbonyl (C=O) groups excluding carboxylic acids is 1. The molecule has 3 fully saturated rings. The van der Waals surface area contributed by atoms with Crippen molar-refractivity contribution in [3.63, 3.8) is 0 Å². The molecule has 3 saturated carbocycles. The molecule has 0 saturated heterocycles. The van der Waals surface area contributed by atoms with E-state index in [0.29, 0.717) is 11.7 Å². The van der Waals surface area contributed by atoms with E-state index >= 15 is 0 Å². The summed E-state index contributed by atoms with van der Waals surface area (Å²) < 4.78 is 0. The number of rotatable bonds is 14. The van der Waals surface area contributed by atoms with Crippen molar-refractivity contribution in [3.05, 3.63) is 0 Å². The van der Waals surface area contributed by atoms with Crippen LogP contribution in [0.2, 0.25) is 0 Å². The lowest BCUT2D eigenvalue weighted by Gasteiger charge is -2.42. The van der Waals surface area contributed by atoms with Crippen molar-refractivity contribution < 1.29 is 9.90 Å². The standard InChI is InChI=1S/C32H60N2O2/c1-4-5-6-11-26(12-7-8-21-31(36)22-9-10-23-31)13-14-27-15-16-28-17-18-29(33-2)30(35)20-25-32(28,34-3)24-19-27/h26-29,33-34,36H,4-25H2,1-3H3. The summed E-state index contributed by atoms with van der Waals surface area (Å²) >= 11 is 0. The van der Waals surface area contributed by atoms with Crippen LogP contribution in [-0.2, 0) is 4.79 Å². The van der Waals surface area contributed by atoms with Crippen molar-refractivity contribution in [1.29, 1.82) is 0 Å². The van der Waals surface area contributed by atoms with Crippen LogP contribution < -0.4 is 10.6 Å². The number of fused-ring (bicyclic) bond motifs is 1. The molecule has 0 aromatic carbocycles. The van der Waals surface area contributed by atoms with E-state index in [0.717, 1.165) is 50.4 Å². The highest BCUT2D eigenvalue weighted by molar-refractivity contribution is 5.84. The molecular weight excluding hydrogens is 444 g/mol. The summed E-state index contributed by atoms with van der Waals surface area (Å²) in [5.74, 6) is 2.85. The smallest absolute Gasteiger partial charge is 0.149 e. The maximum atomic E-state index is 12.7. The van der Waals surface area contributed by atoms with E-state index in [9.17, 15) is 9.90 Å². The van der Waals surface area contributed by atoms with Crippen molar-refractivity contribution in [2.45, 2.75) is 165 Å². The Morgan fingerprint density at radius 3 is 2.31 bits per heavy atom. The molecule has 0 heterocycles. The molecule has 0 bridgehead atoms. The van der Waals surface area contributed by atoms with Crippen molar-refractivity contribution in [1.82, 2.24) is 10.6 Å². The van der Waals surface area contributed by atoms with Gasteiger partial charge in [0.1, 0.15) is 5.78 Å². The Balaban J connectivity index is 1.49. The molecule has 0 amide bonds. The number of carbonyl (C=O) groups is 1. The average molecular weight is 505 g/mol. The molecular formula is C32H60N2O2. The molecule has 0 radical (unpaired) electrons. The highest BCUT2D eigenvalue weighted by Gasteiger charge is 2.42. The third-order valence-electron chi connectivity index (χ3n) is 10.8. The van der Waals surface area contributed by atoms with Crippen LogP contribution >= 0.6 is 0 Å². The second-order valence-corrected chi connectivity index (χ2v) is 13.1. The van der Waals surface area contributed by atoms with Gasteiger partial charge in [-0.25, -0.2) is 0 Å². The average Bonchev–Trinajstić information content (AvgIpc) is 3.23. The van der Waals surface area contributed by atoms with Gasteiger partial charge >= 0.3 is 0 Å². The maximum absolute atomic E-state index is 12.7. The summed E-state index contributed by atoms with van der Waals surface area (Å²) in [6, 6.07) is 0.0668. The molecule has 0 aromatic heterocycles. The van der Waals surface area contributed by atoms with E-state index < -0.39 is 0 Å². The normalized spacial score (nSPS) is 31.9. The van der Waals surface area contributed by atoms with Gasteiger partial charge in [0.2, 0.25) is 0 Å². The third kappa shape index (κ3) is 8.80. The Hall–Kier alpha value is -0.450. The number of aliphatic hydroxyl groups is 1. The molecule has 4 nitrogen and oxygen atoms in total. The summed E-state index contributed by atoms with van der Waals surface area (Å²) in [6.45, 7) is 2.32. The third-order valence-corrected chi connectivity index (χ3v) is 10.8. The van der Waals surface area contributed by atoms with Gasteiger partial charge < -0.3 is 15.7 Å². The summed E-state index contributed by atoms with van der Waals surface area (Å²) in [5.41, 5.74) is -0.155. The van der Waals surface area contributed by atoms with E-state index in [1.54, 1.807) is 0 Å². The molecule has 0 spiro atoms. The Morgan fingerprint density at radius 1 is 0.889 bits per heavy atom. The molecule has 210 valence electrons. The molecule has 36 heavy (non-hydrogen) atoms. The van der Waals surface area contributed by atoms with Gasteiger partial charge in [-0.1, -0.05) is 84.0 Å². The van der Waals surface area contributed by atoms with Gasteiger partial charge in [0.25, 0.3) is 0 Å². The van der Waals surface area contributed by atoms with Gasteiger partial charge in [0.15, 0.2) is 0 Å². The van der Waals surface area contributed by atoms with Gasteiger partial charge in [0, 0.05) is 12.0 Å². The first-order chi connectivity index (χ1) is 17.4. The van der Waals surface area contributed by atoms with E-state index in [2.05, 4.69) is 24.6 Å². The number of hydrogen-bond acceptors (Lipinski definition) is 4. The Labute approximate surface area is 223 Å². The number of likely N-dealkylation sites (N-methyl/N-ethyl adjacent to an activating group) is 1. The molecule has 0 aliphatic heterocycles. The van der Waals surface area contributed by atoms with E-state index in [1.165, 1.54) is 103 Å². The van der Waals surface area contributed by atoms with Crippen LogP contribution in [0.5, 0.6) is 0 Å². The van der Waals surface area contributed by atoms with E-state index in [-0.39, 0.29) is 17.2 Å². The molecule has 3 rings (SSSR count). The number of nitrogens with one attached hydrogen (secondary N) is 2. The number of ketones is 1. The molecule has 3 N–H and O–H groups in total. The largest absolute Gasteiger partial charge is 0.390 e. The minimum Gasteiger partial charge on any atom is -0.390 e. The van der Waals surface area contributed by atoms with E-state index in [4.69, 9.17) is 0 Å². The van der Waals surface area contributed by atoms with Crippen LogP contribution in [0.15, 0.2) is 0 Å². The quantitative estimate of drug-likeness (QED) is 0.217. The molecule has 5 unspecified atom stereocenters. The monoisotopic (exact) mass is 504 g/mol. The topological polar surface area (TPSA) is 61.4 Å². The zero-order valence-electron chi connectivity index (χ0n) is 24.2. The molecule has 4 heteroatoms. The van der Waals surface area contributed by atoms with Crippen LogP contribution in [0, 0.1) is 17.8 Å². The Bertz CT molecular complexity index is 632. The maximum Gasteiger partial charge on any atom is 0.149 e. The fourth-order valence-electron chi connectivity index (χ4n) is 8.13. The van der Waals surface area contributed by atoms with Gasteiger partial charge in [-0.2, -0.15) is 0 Å². The van der Waals surface area contributed by atoms with E-state index in [1.807, 2.05) is 7.05 Å². The molecule has 3 aliphatic carbocycles. The lowest BCUT2D eigenvalue weighted by atomic mass is 9.71. The highest BCUT2D eigenvalue weighted by atomic mass is 16.3. The van der Waals surface area contributed by atoms with Crippen LogP contribution in [-0.4, -0.2) is 42.2 Å². The fraction of sp³-hybridized carbons (Fsp3) is 0.969. The first-order valence-corrected chi connectivity index (χ1v) is 16.0. The Kier molecular flexibility index (Phi) is 12.7. The van der Waals surface area contributed by atoms with Gasteiger partial charge in [-0.05, 0) is 89.6 Å². The summed E-state index contributed by atoms with van der Waals surface area (Å²) in [5, 5.41) is 17.8. The van der Waals surface area contributed by atoms with Gasteiger partial charge in [-0.15, -0.1) is 0 Å². The van der Waals surface area contributed by atoms with Crippen LogP contribution in [0.1, 0.15) is 148 Å². The molecule has 3 aliphatic rings. The lowest BCUT2D eigenvalue weighted by molar-refractivity contribution is -0.122. The highest BCUT2D eigenvalue weighted by Crippen LogP contribution is 2.43. The summed E-state index contributed by atoms with van der Waals surface area (Å²) in [7, 11) is 4.10. The fourth-order valence-corrected chi connectivity index (χ4v) is 8.13.